The Labute approximate surface area is 219 Å². The van der Waals surface area contributed by atoms with E-state index >= 15 is 0 Å². The van der Waals surface area contributed by atoms with Gasteiger partial charge in [-0.2, -0.15) is 0 Å². The highest BCUT2D eigenvalue weighted by Gasteiger charge is 2.35. The lowest BCUT2D eigenvalue weighted by molar-refractivity contribution is -0.129. The SMILES string of the molecule is CCO/N=C(\C(=O)O)c1nc2ccccc2n([C@@H]2CCN([C@H]3CCCCCC[C@H](C)C3)[C@H](CC)C2)c1=O. The molecule has 2 heterocycles. The molecule has 1 aromatic carbocycles. The van der Waals surface area contributed by atoms with E-state index in [1.165, 1.54) is 44.9 Å². The van der Waals surface area contributed by atoms with Crippen LogP contribution in [0, 0.1) is 5.92 Å². The number of carboxylic acids is 1. The van der Waals surface area contributed by atoms with Crippen LogP contribution in [0.1, 0.15) is 96.7 Å². The monoisotopic (exact) mass is 510 g/mol. The Hall–Kier alpha value is -2.74. The second-order valence-corrected chi connectivity index (χ2v) is 10.8. The summed E-state index contributed by atoms with van der Waals surface area (Å²) in [6, 6.07) is 8.42. The number of rotatable bonds is 7. The van der Waals surface area contributed by atoms with Gasteiger partial charge in [-0.3, -0.25) is 9.69 Å². The van der Waals surface area contributed by atoms with Gasteiger partial charge in [0.2, 0.25) is 5.71 Å². The fourth-order valence-corrected chi connectivity index (χ4v) is 6.38. The number of oxime groups is 1. The van der Waals surface area contributed by atoms with Crippen LogP contribution < -0.4 is 5.56 Å². The number of hydrogen-bond acceptors (Lipinski definition) is 6. The highest BCUT2D eigenvalue weighted by molar-refractivity contribution is 6.41. The molecular formula is C29H42N4O4. The molecule has 1 N–H and O–H groups in total. The Morgan fingerprint density at radius 3 is 2.57 bits per heavy atom. The summed E-state index contributed by atoms with van der Waals surface area (Å²) in [5.41, 5.74) is 0.296. The van der Waals surface area contributed by atoms with Gasteiger partial charge < -0.3 is 14.5 Å². The number of aromatic nitrogens is 2. The molecule has 0 radical (unpaired) electrons. The highest BCUT2D eigenvalue weighted by Crippen LogP contribution is 2.35. The van der Waals surface area contributed by atoms with E-state index in [4.69, 9.17) is 4.84 Å². The molecule has 202 valence electrons. The number of carboxylic acid groups (broad SMARTS) is 1. The lowest BCUT2D eigenvalue weighted by Crippen LogP contribution is -2.50. The van der Waals surface area contributed by atoms with Crippen molar-refractivity contribution in [2.24, 2.45) is 11.1 Å². The van der Waals surface area contributed by atoms with Crippen molar-refractivity contribution in [3.05, 3.63) is 40.3 Å². The van der Waals surface area contributed by atoms with E-state index in [9.17, 15) is 14.7 Å². The maximum atomic E-state index is 13.8. The van der Waals surface area contributed by atoms with Crippen molar-refractivity contribution in [2.75, 3.05) is 13.2 Å². The third-order valence-electron chi connectivity index (χ3n) is 8.20. The number of carbonyl (C=O) groups is 1. The van der Waals surface area contributed by atoms with E-state index in [0.717, 1.165) is 37.2 Å². The first-order valence-corrected chi connectivity index (χ1v) is 14.1. The minimum absolute atomic E-state index is 0.0313. The molecule has 2 fully saturated rings. The van der Waals surface area contributed by atoms with E-state index in [1.807, 2.05) is 24.3 Å². The lowest BCUT2D eigenvalue weighted by Gasteiger charge is -2.45. The van der Waals surface area contributed by atoms with Crippen molar-refractivity contribution in [3.8, 4) is 0 Å². The molecule has 37 heavy (non-hydrogen) atoms. The first-order valence-electron chi connectivity index (χ1n) is 14.1. The largest absolute Gasteiger partial charge is 0.476 e. The first kappa shape index (κ1) is 27.3. The fraction of sp³-hybridized carbons (Fsp3) is 0.655. The van der Waals surface area contributed by atoms with E-state index in [-0.39, 0.29) is 18.3 Å². The number of aliphatic carboxylic acids is 1. The van der Waals surface area contributed by atoms with Gasteiger partial charge in [-0.25, -0.2) is 9.78 Å². The van der Waals surface area contributed by atoms with Crippen LogP contribution in [0.15, 0.2) is 34.2 Å². The maximum absolute atomic E-state index is 13.8. The molecule has 0 spiro atoms. The molecule has 8 nitrogen and oxygen atoms in total. The quantitative estimate of drug-likeness (QED) is 0.396. The van der Waals surface area contributed by atoms with Gasteiger partial charge in [0.15, 0.2) is 5.69 Å². The Bertz CT molecular complexity index is 1160. The van der Waals surface area contributed by atoms with Gasteiger partial charge in [-0.15, -0.1) is 0 Å². The van der Waals surface area contributed by atoms with Gasteiger partial charge in [-0.05, 0) is 57.1 Å². The zero-order valence-corrected chi connectivity index (χ0v) is 22.6. The van der Waals surface area contributed by atoms with Crippen molar-refractivity contribution < 1.29 is 14.7 Å². The average Bonchev–Trinajstić information content (AvgIpc) is 3.00. The molecule has 1 aromatic heterocycles. The minimum Gasteiger partial charge on any atom is -0.476 e. The van der Waals surface area contributed by atoms with Crippen LogP contribution in [0.2, 0.25) is 0 Å². The van der Waals surface area contributed by atoms with Gasteiger partial charge in [0.05, 0.1) is 11.0 Å². The number of likely N-dealkylation sites (tertiary alicyclic amines) is 1. The number of nitrogens with zero attached hydrogens (tertiary/aromatic N) is 4. The predicted octanol–water partition coefficient (Wildman–Crippen LogP) is 5.39. The number of para-hydroxylation sites is 2. The van der Waals surface area contributed by atoms with Crippen LogP contribution in [0.3, 0.4) is 0 Å². The molecule has 1 saturated carbocycles. The zero-order valence-electron chi connectivity index (χ0n) is 22.6. The van der Waals surface area contributed by atoms with Crippen molar-refractivity contribution in [2.45, 2.75) is 103 Å². The predicted molar refractivity (Wildman–Crippen MR) is 146 cm³/mol. The third-order valence-corrected chi connectivity index (χ3v) is 8.20. The van der Waals surface area contributed by atoms with Crippen molar-refractivity contribution in [1.29, 1.82) is 0 Å². The summed E-state index contributed by atoms with van der Waals surface area (Å²) >= 11 is 0. The second kappa shape index (κ2) is 12.7. The highest BCUT2D eigenvalue weighted by atomic mass is 16.6. The smallest absolute Gasteiger partial charge is 0.360 e. The Balaban J connectivity index is 1.69. The molecule has 2 aliphatic rings. The Kier molecular flexibility index (Phi) is 9.35. The summed E-state index contributed by atoms with van der Waals surface area (Å²) in [7, 11) is 0. The normalized spacial score (nSPS) is 26.3. The van der Waals surface area contributed by atoms with E-state index in [2.05, 4.69) is 28.9 Å². The van der Waals surface area contributed by atoms with Crippen LogP contribution in [-0.2, 0) is 9.63 Å². The molecule has 2 aromatic rings. The molecule has 1 aliphatic heterocycles. The van der Waals surface area contributed by atoms with Crippen molar-refractivity contribution in [1.82, 2.24) is 14.5 Å². The molecule has 0 amide bonds. The maximum Gasteiger partial charge on any atom is 0.360 e. The van der Waals surface area contributed by atoms with Gasteiger partial charge in [0, 0.05) is 24.7 Å². The third kappa shape index (κ3) is 6.22. The molecular weight excluding hydrogens is 468 g/mol. The molecule has 4 atom stereocenters. The molecule has 0 bridgehead atoms. The minimum atomic E-state index is -1.32. The van der Waals surface area contributed by atoms with Crippen LogP contribution in [0.25, 0.3) is 11.0 Å². The summed E-state index contributed by atoms with van der Waals surface area (Å²) in [6.45, 7) is 7.51. The van der Waals surface area contributed by atoms with Crippen LogP contribution in [0.5, 0.6) is 0 Å². The number of fused-ring (bicyclic) bond motifs is 1. The zero-order chi connectivity index (χ0) is 26.4. The fourth-order valence-electron chi connectivity index (χ4n) is 6.38. The van der Waals surface area contributed by atoms with Gasteiger partial charge in [0.1, 0.15) is 6.61 Å². The standard InChI is InChI=1S/C29H42N4O4/c1-4-21-19-23(16-17-32(21)22-13-9-7-6-8-12-20(3)18-22)33-25-15-11-10-14-24(25)30-26(28(33)34)27(29(35)36)31-37-5-2/h10-11,14-15,20-23H,4-9,12-13,16-19H2,1-3H3,(H,35,36)/b31-27-/t20-,21+,22-,23+/m0/s1. The summed E-state index contributed by atoms with van der Waals surface area (Å²) in [6.07, 6.45) is 11.9. The Morgan fingerprint density at radius 2 is 1.84 bits per heavy atom. The number of hydrogen-bond donors (Lipinski definition) is 1. The summed E-state index contributed by atoms with van der Waals surface area (Å²) < 4.78 is 1.79. The van der Waals surface area contributed by atoms with Gasteiger partial charge in [-0.1, -0.05) is 63.2 Å². The number of benzene rings is 1. The molecule has 4 rings (SSSR count). The van der Waals surface area contributed by atoms with E-state index < -0.39 is 17.2 Å². The lowest BCUT2D eigenvalue weighted by atomic mass is 9.88. The molecule has 8 heteroatoms. The summed E-state index contributed by atoms with van der Waals surface area (Å²) in [5, 5.41) is 13.5. The molecule has 0 unspecified atom stereocenters. The van der Waals surface area contributed by atoms with E-state index in [1.54, 1.807) is 11.5 Å². The summed E-state index contributed by atoms with van der Waals surface area (Å²) in [5.74, 6) is -0.581. The van der Waals surface area contributed by atoms with Crippen LogP contribution in [-0.4, -0.2) is 56.5 Å². The average molecular weight is 511 g/mol. The second-order valence-electron chi connectivity index (χ2n) is 10.8. The molecule has 1 saturated heterocycles. The van der Waals surface area contributed by atoms with Crippen LogP contribution >= 0.6 is 0 Å². The van der Waals surface area contributed by atoms with Gasteiger partial charge in [0.25, 0.3) is 5.56 Å². The Morgan fingerprint density at radius 1 is 1.08 bits per heavy atom. The summed E-state index contributed by atoms with van der Waals surface area (Å²) in [4.78, 5) is 38.0. The first-order chi connectivity index (χ1) is 17.9. The van der Waals surface area contributed by atoms with Crippen molar-refractivity contribution >= 4 is 22.7 Å². The van der Waals surface area contributed by atoms with Gasteiger partial charge >= 0.3 is 5.97 Å². The van der Waals surface area contributed by atoms with Crippen LogP contribution in [0.4, 0.5) is 0 Å². The molecule has 1 aliphatic carbocycles. The number of piperidine rings is 1. The van der Waals surface area contributed by atoms with Crippen molar-refractivity contribution in [3.63, 3.8) is 0 Å². The van der Waals surface area contributed by atoms with E-state index in [0.29, 0.717) is 17.6 Å². The topological polar surface area (TPSA) is 97.0 Å².